The second-order valence-corrected chi connectivity index (χ2v) is 5.98. The third-order valence-corrected chi connectivity index (χ3v) is 3.02. The number of halogens is 1. The van der Waals surface area contributed by atoms with Crippen LogP contribution in [0.5, 0.6) is 0 Å². The Morgan fingerprint density at radius 3 is 2.55 bits per heavy atom. The van der Waals surface area contributed by atoms with Crippen LogP contribution < -0.4 is 10.6 Å². The van der Waals surface area contributed by atoms with Gasteiger partial charge >= 0.3 is 0 Å². The Morgan fingerprint density at radius 2 is 2.05 bits per heavy atom. The minimum absolute atomic E-state index is 0. The fourth-order valence-corrected chi connectivity index (χ4v) is 1.77. The predicted molar refractivity (Wildman–Crippen MR) is 94.0 cm³/mol. The summed E-state index contributed by atoms with van der Waals surface area (Å²) in [5, 5.41) is 6.64. The van der Waals surface area contributed by atoms with Crippen LogP contribution in [0.4, 0.5) is 0 Å². The van der Waals surface area contributed by atoms with Gasteiger partial charge in [-0.15, -0.1) is 24.0 Å². The zero-order valence-electron chi connectivity index (χ0n) is 13.2. The first-order valence-electron chi connectivity index (χ1n) is 7.16. The van der Waals surface area contributed by atoms with Crippen LogP contribution in [0.15, 0.2) is 4.99 Å². The van der Waals surface area contributed by atoms with Crippen molar-refractivity contribution in [1.82, 2.24) is 10.6 Å². The molecule has 0 aliphatic carbocycles. The maximum atomic E-state index is 5.53. The lowest BCUT2D eigenvalue weighted by molar-refractivity contribution is -0.0971. The first kappa shape index (κ1) is 19.9. The monoisotopic (exact) mass is 399 g/mol. The molecule has 0 bridgehead atoms. The average molecular weight is 399 g/mol. The van der Waals surface area contributed by atoms with Gasteiger partial charge in [-0.3, -0.25) is 4.99 Å². The van der Waals surface area contributed by atoms with Gasteiger partial charge in [-0.2, -0.15) is 0 Å². The van der Waals surface area contributed by atoms with Crippen molar-refractivity contribution in [1.29, 1.82) is 0 Å². The average Bonchev–Trinajstić information content (AvgIpc) is 2.34. The third kappa shape index (κ3) is 8.26. The quantitative estimate of drug-likeness (QED) is 0.283. The Labute approximate surface area is 140 Å². The molecule has 0 aromatic heterocycles. The zero-order valence-corrected chi connectivity index (χ0v) is 15.5. The highest BCUT2D eigenvalue weighted by molar-refractivity contribution is 14.0. The first-order valence-corrected chi connectivity index (χ1v) is 7.16. The maximum absolute atomic E-state index is 5.53. The van der Waals surface area contributed by atoms with Crippen LogP contribution in [0.25, 0.3) is 0 Å². The summed E-state index contributed by atoms with van der Waals surface area (Å²) >= 11 is 0. The molecular formula is C14H30IN3O2. The number of hydrogen-bond acceptors (Lipinski definition) is 3. The summed E-state index contributed by atoms with van der Waals surface area (Å²) in [4.78, 5) is 4.21. The molecule has 20 heavy (non-hydrogen) atoms. The summed E-state index contributed by atoms with van der Waals surface area (Å²) < 4.78 is 10.8. The van der Waals surface area contributed by atoms with Gasteiger partial charge in [-0.05, 0) is 12.3 Å². The van der Waals surface area contributed by atoms with Gasteiger partial charge in [0.05, 0.1) is 13.2 Å². The van der Waals surface area contributed by atoms with Crippen molar-refractivity contribution in [2.45, 2.75) is 27.2 Å². The van der Waals surface area contributed by atoms with E-state index in [1.165, 1.54) is 0 Å². The molecule has 5 nitrogen and oxygen atoms in total. The van der Waals surface area contributed by atoms with Crippen LogP contribution in [0, 0.1) is 11.3 Å². The highest BCUT2D eigenvalue weighted by Gasteiger charge is 2.33. The van der Waals surface area contributed by atoms with Gasteiger partial charge in [-0.1, -0.05) is 20.8 Å². The lowest BCUT2D eigenvalue weighted by Crippen LogP contribution is -2.51. The van der Waals surface area contributed by atoms with Crippen molar-refractivity contribution in [3.05, 3.63) is 0 Å². The van der Waals surface area contributed by atoms with Crippen molar-refractivity contribution in [3.8, 4) is 0 Å². The minimum Gasteiger partial charge on any atom is -0.381 e. The van der Waals surface area contributed by atoms with E-state index in [0.717, 1.165) is 51.9 Å². The van der Waals surface area contributed by atoms with Crippen LogP contribution >= 0.6 is 24.0 Å². The van der Waals surface area contributed by atoms with Gasteiger partial charge in [0.15, 0.2) is 5.96 Å². The molecule has 0 amide bonds. The van der Waals surface area contributed by atoms with Gasteiger partial charge in [-0.25, -0.2) is 0 Å². The predicted octanol–water partition coefficient (Wildman–Crippen LogP) is 1.87. The number of nitrogens with zero attached hydrogens (tertiary/aromatic N) is 1. The molecule has 1 aliphatic heterocycles. The Bertz CT molecular complexity index is 282. The molecule has 0 aromatic carbocycles. The molecule has 1 aliphatic rings. The zero-order chi connectivity index (χ0) is 14.1. The van der Waals surface area contributed by atoms with Gasteiger partial charge in [0.25, 0.3) is 0 Å². The van der Waals surface area contributed by atoms with Crippen LogP contribution in [0.3, 0.4) is 0 Å². The normalized spacial score (nSPS) is 17.4. The molecule has 6 heteroatoms. The molecule has 120 valence electrons. The van der Waals surface area contributed by atoms with Gasteiger partial charge in [0.1, 0.15) is 0 Å². The molecule has 1 fully saturated rings. The molecule has 2 N–H and O–H groups in total. The Balaban J connectivity index is 0.00000361. The van der Waals surface area contributed by atoms with Gasteiger partial charge in [0.2, 0.25) is 0 Å². The smallest absolute Gasteiger partial charge is 0.191 e. The second kappa shape index (κ2) is 10.6. The summed E-state index contributed by atoms with van der Waals surface area (Å²) in [5.41, 5.74) is 0.262. The molecule has 1 saturated heterocycles. The highest BCUT2D eigenvalue weighted by Crippen LogP contribution is 2.24. The van der Waals surface area contributed by atoms with E-state index in [2.05, 4.69) is 36.4 Å². The molecule has 0 atom stereocenters. The number of rotatable bonds is 8. The Kier molecular flexibility index (Phi) is 10.6. The molecule has 0 spiro atoms. The Morgan fingerprint density at radius 1 is 1.35 bits per heavy atom. The fraction of sp³-hybridized carbons (Fsp3) is 0.929. The van der Waals surface area contributed by atoms with E-state index >= 15 is 0 Å². The van der Waals surface area contributed by atoms with Crippen molar-refractivity contribution in [2.24, 2.45) is 16.3 Å². The molecule has 0 saturated carbocycles. The van der Waals surface area contributed by atoms with E-state index in [0.29, 0.717) is 5.92 Å². The van der Waals surface area contributed by atoms with Crippen LogP contribution in [-0.2, 0) is 9.47 Å². The summed E-state index contributed by atoms with van der Waals surface area (Å²) in [6.45, 7) is 11.6. The number of hydrogen-bond donors (Lipinski definition) is 2. The summed E-state index contributed by atoms with van der Waals surface area (Å²) in [6.07, 6.45) is 0.994. The number of aliphatic imine (C=N–C) groups is 1. The maximum Gasteiger partial charge on any atom is 0.191 e. The molecule has 0 unspecified atom stereocenters. The Hall–Kier alpha value is -0.0800. The van der Waals surface area contributed by atoms with Gasteiger partial charge < -0.3 is 20.1 Å². The minimum atomic E-state index is 0. The van der Waals surface area contributed by atoms with E-state index in [9.17, 15) is 0 Å². The molecule has 1 rings (SSSR count). The summed E-state index contributed by atoms with van der Waals surface area (Å²) in [5.74, 6) is 1.46. The lowest BCUT2D eigenvalue weighted by Gasteiger charge is -2.38. The topological polar surface area (TPSA) is 54.9 Å². The van der Waals surface area contributed by atoms with Crippen molar-refractivity contribution < 1.29 is 9.47 Å². The van der Waals surface area contributed by atoms with Crippen molar-refractivity contribution >= 4 is 29.9 Å². The summed E-state index contributed by atoms with van der Waals surface area (Å²) in [7, 11) is 1.80. The molecule has 1 heterocycles. The molecular weight excluding hydrogens is 369 g/mol. The molecule has 0 aromatic rings. The van der Waals surface area contributed by atoms with Crippen LogP contribution in [0.2, 0.25) is 0 Å². The van der Waals surface area contributed by atoms with E-state index < -0.39 is 0 Å². The van der Waals surface area contributed by atoms with E-state index in [1.807, 2.05) is 0 Å². The molecule has 0 radical (unpaired) electrons. The van der Waals surface area contributed by atoms with E-state index in [4.69, 9.17) is 9.47 Å². The van der Waals surface area contributed by atoms with Crippen LogP contribution in [-0.4, -0.2) is 52.5 Å². The van der Waals surface area contributed by atoms with Crippen molar-refractivity contribution in [3.63, 3.8) is 0 Å². The van der Waals surface area contributed by atoms with Crippen molar-refractivity contribution in [2.75, 3.05) is 46.6 Å². The first-order chi connectivity index (χ1) is 9.06. The second-order valence-electron chi connectivity index (χ2n) is 5.98. The van der Waals surface area contributed by atoms with E-state index in [1.54, 1.807) is 7.05 Å². The van der Waals surface area contributed by atoms with Crippen LogP contribution in [0.1, 0.15) is 27.2 Å². The third-order valence-electron chi connectivity index (χ3n) is 3.02. The number of ether oxygens (including phenoxy) is 2. The number of guanidine groups is 1. The standard InChI is InChI=1S/C14H29N3O2.HI/c1-12(2)8-18-7-5-6-16-13(15-4)17-9-14(3)10-19-11-14;/h12H,5-11H2,1-4H3,(H2,15,16,17);1H. The largest absolute Gasteiger partial charge is 0.381 e. The lowest BCUT2D eigenvalue weighted by atomic mass is 9.89. The SMILES string of the molecule is CN=C(NCCCOCC(C)C)NCC1(C)COC1.I. The number of nitrogens with one attached hydrogen (secondary N) is 2. The fourth-order valence-electron chi connectivity index (χ4n) is 1.77. The van der Waals surface area contributed by atoms with E-state index in [-0.39, 0.29) is 29.4 Å². The summed E-state index contributed by atoms with van der Waals surface area (Å²) in [6, 6.07) is 0. The highest BCUT2D eigenvalue weighted by atomic mass is 127. The van der Waals surface area contributed by atoms with Gasteiger partial charge in [0, 0.05) is 38.8 Å².